The molecule has 2 nitrogen and oxygen atoms in total. The molecule has 1 unspecified atom stereocenters. The SMILES string of the molecule is CC(C)(C(N)CC1CCC1)N1CCCCC1. The first-order chi connectivity index (χ1) is 7.60. The van der Waals surface area contributed by atoms with Gasteiger partial charge in [0.15, 0.2) is 0 Å². The van der Waals surface area contributed by atoms with Crippen LogP contribution in [0.4, 0.5) is 0 Å². The first kappa shape index (κ1) is 12.4. The number of hydrogen-bond donors (Lipinski definition) is 1. The highest BCUT2D eigenvalue weighted by molar-refractivity contribution is 4.94. The summed E-state index contributed by atoms with van der Waals surface area (Å²) in [7, 11) is 0. The van der Waals surface area contributed by atoms with E-state index < -0.39 is 0 Å². The van der Waals surface area contributed by atoms with Gasteiger partial charge >= 0.3 is 0 Å². The van der Waals surface area contributed by atoms with Crippen molar-refractivity contribution >= 4 is 0 Å². The fraction of sp³-hybridized carbons (Fsp3) is 1.00. The van der Waals surface area contributed by atoms with Crippen LogP contribution in [0.25, 0.3) is 0 Å². The second-order valence-electron chi connectivity index (χ2n) is 6.34. The van der Waals surface area contributed by atoms with Crippen molar-refractivity contribution in [1.29, 1.82) is 0 Å². The zero-order chi connectivity index (χ0) is 11.6. The van der Waals surface area contributed by atoms with Gasteiger partial charge in [-0.15, -0.1) is 0 Å². The highest BCUT2D eigenvalue weighted by Crippen LogP contribution is 2.34. The van der Waals surface area contributed by atoms with Gasteiger partial charge in [-0.25, -0.2) is 0 Å². The minimum absolute atomic E-state index is 0.204. The molecular formula is C14H28N2. The summed E-state index contributed by atoms with van der Waals surface area (Å²) < 4.78 is 0. The summed E-state index contributed by atoms with van der Waals surface area (Å²) in [5.74, 6) is 0.930. The van der Waals surface area contributed by atoms with Crippen molar-refractivity contribution in [3.63, 3.8) is 0 Å². The van der Waals surface area contributed by atoms with Crippen LogP contribution in [0.5, 0.6) is 0 Å². The smallest absolute Gasteiger partial charge is 0.0304 e. The van der Waals surface area contributed by atoms with Gasteiger partial charge in [0.1, 0.15) is 0 Å². The molecule has 1 aliphatic heterocycles. The van der Waals surface area contributed by atoms with Crippen LogP contribution < -0.4 is 5.73 Å². The van der Waals surface area contributed by atoms with Gasteiger partial charge in [0, 0.05) is 11.6 Å². The van der Waals surface area contributed by atoms with E-state index in [1.54, 1.807) is 0 Å². The van der Waals surface area contributed by atoms with Crippen molar-refractivity contribution < 1.29 is 0 Å². The second-order valence-corrected chi connectivity index (χ2v) is 6.34. The summed E-state index contributed by atoms with van der Waals surface area (Å²) >= 11 is 0. The maximum absolute atomic E-state index is 6.45. The van der Waals surface area contributed by atoms with E-state index in [2.05, 4.69) is 18.7 Å². The van der Waals surface area contributed by atoms with E-state index in [-0.39, 0.29) is 5.54 Å². The highest BCUT2D eigenvalue weighted by atomic mass is 15.2. The second kappa shape index (κ2) is 5.05. The lowest BCUT2D eigenvalue weighted by Crippen LogP contribution is -2.58. The molecule has 0 bridgehead atoms. The van der Waals surface area contributed by atoms with Crippen molar-refractivity contribution in [3.05, 3.63) is 0 Å². The predicted octanol–water partition coefficient (Wildman–Crippen LogP) is 2.77. The van der Waals surface area contributed by atoms with E-state index in [0.29, 0.717) is 6.04 Å². The largest absolute Gasteiger partial charge is 0.326 e. The molecule has 1 atom stereocenters. The molecule has 1 saturated carbocycles. The van der Waals surface area contributed by atoms with Crippen molar-refractivity contribution in [1.82, 2.24) is 4.90 Å². The lowest BCUT2D eigenvalue weighted by molar-refractivity contribution is 0.0601. The molecule has 0 spiro atoms. The van der Waals surface area contributed by atoms with Gasteiger partial charge in [0.05, 0.1) is 0 Å². The van der Waals surface area contributed by atoms with Gasteiger partial charge in [-0.1, -0.05) is 25.7 Å². The Morgan fingerprint density at radius 3 is 2.25 bits per heavy atom. The fourth-order valence-corrected chi connectivity index (χ4v) is 3.08. The molecule has 1 saturated heterocycles. The summed E-state index contributed by atoms with van der Waals surface area (Å²) in [6.07, 6.45) is 9.64. The Labute approximate surface area is 101 Å². The minimum atomic E-state index is 0.204. The van der Waals surface area contributed by atoms with Crippen LogP contribution in [0, 0.1) is 5.92 Å². The summed E-state index contributed by atoms with van der Waals surface area (Å²) in [6.45, 7) is 7.21. The Hall–Kier alpha value is -0.0800. The normalized spacial score (nSPS) is 26.4. The molecule has 2 rings (SSSR count). The lowest BCUT2D eigenvalue weighted by Gasteiger charge is -2.46. The average molecular weight is 224 g/mol. The maximum atomic E-state index is 6.45. The van der Waals surface area contributed by atoms with Gasteiger partial charge in [0.2, 0.25) is 0 Å². The lowest BCUT2D eigenvalue weighted by atomic mass is 9.76. The van der Waals surface area contributed by atoms with Crippen molar-refractivity contribution in [3.8, 4) is 0 Å². The van der Waals surface area contributed by atoms with Crippen LogP contribution in [0.1, 0.15) is 58.8 Å². The van der Waals surface area contributed by atoms with Crippen molar-refractivity contribution in [2.75, 3.05) is 13.1 Å². The van der Waals surface area contributed by atoms with E-state index in [0.717, 1.165) is 5.92 Å². The van der Waals surface area contributed by atoms with Crippen LogP contribution in [0.15, 0.2) is 0 Å². The average Bonchev–Trinajstić information content (AvgIpc) is 2.24. The molecule has 0 aromatic heterocycles. The summed E-state index contributed by atoms with van der Waals surface area (Å²) in [6, 6.07) is 0.357. The van der Waals surface area contributed by atoms with Crippen LogP contribution in [-0.4, -0.2) is 29.6 Å². The third-order valence-corrected chi connectivity index (χ3v) is 4.89. The Bertz CT molecular complexity index is 215. The number of hydrogen-bond acceptors (Lipinski definition) is 2. The standard InChI is InChI=1S/C14H28N2/c1-14(2,16-9-4-3-5-10-16)13(15)11-12-7-6-8-12/h12-13H,3-11,15H2,1-2H3. The third kappa shape index (κ3) is 2.60. The zero-order valence-electron chi connectivity index (χ0n) is 11.0. The predicted molar refractivity (Wildman–Crippen MR) is 69.4 cm³/mol. The molecule has 1 heterocycles. The molecule has 0 aromatic rings. The van der Waals surface area contributed by atoms with E-state index in [1.807, 2.05) is 0 Å². The number of nitrogens with zero attached hydrogens (tertiary/aromatic N) is 1. The van der Waals surface area contributed by atoms with Crippen LogP contribution in [0.2, 0.25) is 0 Å². The van der Waals surface area contributed by atoms with Crippen LogP contribution >= 0.6 is 0 Å². The monoisotopic (exact) mass is 224 g/mol. The number of piperidine rings is 1. The van der Waals surface area contributed by atoms with E-state index in [4.69, 9.17) is 5.73 Å². The Morgan fingerprint density at radius 1 is 1.12 bits per heavy atom. The van der Waals surface area contributed by atoms with Crippen LogP contribution in [-0.2, 0) is 0 Å². The number of rotatable bonds is 4. The number of nitrogens with two attached hydrogens (primary N) is 1. The van der Waals surface area contributed by atoms with Gasteiger partial charge in [-0.05, 0) is 52.1 Å². The molecule has 1 aliphatic carbocycles. The van der Waals surface area contributed by atoms with Gasteiger partial charge in [-0.3, -0.25) is 4.90 Å². The van der Waals surface area contributed by atoms with E-state index >= 15 is 0 Å². The maximum Gasteiger partial charge on any atom is 0.0304 e. The molecule has 16 heavy (non-hydrogen) atoms. The fourth-order valence-electron chi connectivity index (χ4n) is 3.08. The Kier molecular flexibility index (Phi) is 3.91. The summed E-state index contributed by atoms with van der Waals surface area (Å²) in [5, 5.41) is 0. The molecule has 2 fully saturated rings. The molecule has 0 aromatic carbocycles. The van der Waals surface area contributed by atoms with Crippen molar-refractivity contribution in [2.45, 2.75) is 70.4 Å². The molecule has 2 aliphatic rings. The zero-order valence-corrected chi connectivity index (χ0v) is 11.0. The van der Waals surface area contributed by atoms with Crippen LogP contribution in [0.3, 0.4) is 0 Å². The van der Waals surface area contributed by atoms with E-state index in [1.165, 1.54) is 58.0 Å². The van der Waals surface area contributed by atoms with Gasteiger partial charge in [-0.2, -0.15) is 0 Å². The molecular weight excluding hydrogens is 196 g/mol. The summed E-state index contributed by atoms with van der Waals surface area (Å²) in [5.41, 5.74) is 6.66. The molecule has 0 radical (unpaired) electrons. The van der Waals surface area contributed by atoms with E-state index in [9.17, 15) is 0 Å². The summed E-state index contributed by atoms with van der Waals surface area (Å²) in [4.78, 5) is 2.62. The molecule has 2 heteroatoms. The van der Waals surface area contributed by atoms with Crippen molar-refractivity contribution in [2.24, 2.45) is 11.7 Å². The minimum Gasteiger partial charge on any atom is -0.326 e. The topological polar surface area (TPSA) is 29.3 Å². The quantitative estimate of drug-likeness (QED) is 0.795. The molecule has 94 valence electrons. The first-order valence-electron chi connectivity index (χ1n) is 7.11. The first-order valence-corrected chi connectivity index (χ1v) is 7.11. The highest BCUT2D eigenvalue weighted by Gasteiger charge is 2.35. The third-order valence-electron chi connectivity index (χ3n) is 4.89. The Balaban J connectivity index is 1.87. The van der Waals surface area contributed by atoms with Gasteiger partial charge in [0.25, 0.3) is 0 Å². The molecule has 0 amide bonds. The Morgan fingerprint density at radius 2 is 1.75 bits per heavy atom. The number of likely N-dealkylation sites (tertiary alicyclic amines) is 1. The molecule has 2 N–H and O–H groups in total. The van der Waals surface area contributed by atoms with Gasteiger partial charge < -0.3 is 5.73 Å².